The molecule has 0 unspecified atom stereocenters. The number of hydrogen-bond acceptors (Lipinski definition) is 5. The molecule has 0 aliphatic carbocycles. The normalized spacial score (nSPS) is 14.7. The average molecular weight is 579 g/mol. The largest absolute Gasteiger partial charge is 0.493 e. The van der Waals surface area contributed by atoms with Gasteiger partial charge in [-0.1, -0.05) is 24.6 Å². The van der Waals surface area contributed by atoms with Gasteiger partial charge in [0.2, 0.25) is 0 Å². The van der Waals surface area contributed by atoms with E-state index < -0.39 is 57.0 Å². The monoisotopic (exact) mass is 578 g/mol. The highest BCUT2D eigenvalue weighted by atomic mass is 35.5. The van der Waals surface area contributed by atoms with Crippen molar-refractivity contribution in [3.8, 4) is 11.4 Å². The van der Waals surface area contributed by atoms with Gasteiger partial charge >= 0.3 is 17.8 Å². The number of aromatic nitrogens is 2. The van der Waals surface area contributed by atoms with Gasteiger partial charge in [0.1, 0.15) is 11.6 Å². The first-order chi connectivity index (χ1) is 18.8. The molecule has 5 rings (SSSR count). The summed E-state index contributed by atoms with van der Waals surface area (Å²) < 4.78 is 68.8. The number of fused-ring (bicyclic) bond motifs is 1. The fraction of sp³-hybridized carbons (Fsp3) is 0.222. The summed E-state index contributed by atoms with van der Waals surface area (Å²) in [5, 5.41) is 8.62. The van der Waals surface area contributed by atoms with E-state index in [2.05, 4.69) is 0 Å². The van der Waals surface area contributed by atoms with Gasteiger partial charge in [0.15, 0.2) is 0 Å². The number of aromatic carboxylic acids is 1. The number of alkyl halides is 3. The van der Waals surface area contributed by atoms with Crippen LogP contribution in [0.4, 0.5) is 17.6 Å². The van der Waals surface area contributed by atoms with Crippen molar-refractivity contribution in [1.29, 1.82) is 0 Å². The second-order valence-corrected chi connectivity index (χ2v) is 10.0. The summed E-state index contributed by atoms with van der Waals surface area (Å²) in [5.41, 5.74) is -4.86. The summed E-state index contributed by atoms with van der Waals surface area (Å²) in [6.45, 7) is 3.04. The van der Waals surface area contributed by atoms with Crippen LogP contribution in [0.15, 0.2) is 59.4 Å². The fourth-order valence-corrected chi connectivity index (χ4v) is 4.65. The number of imidazole rings is 1. The topological polar surface area (TPSA) is 99.8 Å². The molecule has 208 valence electrons. The molecule has 1 aliphatic rings. The Morgan fingerprint density at radius 3 is 2.42 bits per heavy atom. The predicted octanol–water partition coefficient (Wildman–Crippen LogP) is 5.41. The minimum absolute atomic E-state index is 0.0496. The van der Waals surface area contributed by atoms with Gasteiger partial charge in [0.25, 0.3) is 5.91 Å². The number of halogens is 5. The zero-order chi connectivity index (χ0) is 29.0. The first-order valence-corrected chi connectivity index (χ1v) is 12.1. The maximum atomic E-state index is 15.1. The van der Waals surface area contributed by atoms with E-state index in [9.17, 15) is 27.6 Å². The Balaban J connectivity index is 1.74. The quantitative estimate of drug-likeness (QED) is 0.307. The van der Waals surface area contributed by atoms with Crippen LogP contribution in [0.2, 0.25) is 5.02 Å². The lowest BCUT2D eigenvalue weighted by Crippen LogP contribution is -2.44. The van der Waals surface area contributed by atoms with E-state index in [-0.39, 0.29) is 28.8 Å². The zero-order valence-corrected chi connectivity index (χ0v) is 21.3. The molecule has 1 N–H and O–H groups in total. The highest BCUT2D eigenvalue weighted by Gasteiger charge is 2.38. The molecule has 0 amide bonds. The van der Waals surface area contributed by atoms with Gasteiger partial charge in [-0.3, -0.25) is 9.36 Å². The molecule has 40 heavy (non-hydrogen) atoms. The predicted molar refractivity (Wildman–Crippen MR) is 135 cm³/mol. The molecular formula is C27H19ClF4N2O6. The van der Waals surface area contributed by atoms with Crippen LogP contribution in [0, 0.1) is 11.2 Å². The lowest BCUT2D eigenvalue weighted by molar-refractivity contribution is -0.137. The highest BCUT2D eigenvalue weighted by molar-refractivity contribution is 6.34. The Hall–Kier alpha value is -4.16. The molecule has 0 spiro atoms. The molecule has 0 bridgehead atoms. The first kappa shape index (κ1) is 27.4. The minimum atomic E-state index is -4.98. The van der Waals surface area contributed by atoms with Crippen LogP contribution in [-0.4, -0.2) is 45.9 Å². The molecule has 0 radical (unpaired) electrons. The van der Waals surface area contributed by atoms with E-state index in [1.807, 2.05) is 6.92 Å². The SMILES string of the molecule is CC1(COc2ccc3c(c2)n(C(=O)c2c(Cl)cccc2C(F)(F)F)c(=O)n3-c2ccc(C(=O)O)cc2F)COC1. The number of carbonyl (C=O) groups excluding carboxylic acids is 1. The summed E-state index contributed by atoms with van der Waals surface area (Å²) in [5.74, 6) is -3.73. The number of nitrogens with zero attached hydrogens (tertiary/aromatic N) is 2. The number of ether oxygens (including phenoxy) is 2. The maximum Gasteiger partial charge on any atom is 0.417 e. The van der Waals surface area contributed by atoms with Crippen LogP contribution in [0.5, 0.6) is 5.75 Å². The lowest BCUT2D eigenvalue weighted by Gasteiger charge is -2.37. The van der Waals surface area contributed by atoms with Crippen molar-refractivity contribution < 1.29 is 41.7 Å². The van der Waals surface area contributed by atoms with Crippen molar-refractivity contribution in [3.05, 3.63) is 92.6 Å². The molecule has 1 saturated heterocycles. The standard InChI is InChI=1S/C27H19ClF4N2O6/c1-26(11-39-12-26)13-40-15-6-8-20-21(10-15)34(23(35)22-16(27(30,31)32)3-2-4-17(22)28)25(38)33(20)19-7-5-14(24(36)37)9-18(19)29/h2-10H,11-13H2,1H3,(H,36,37). The van der Waals surface area contributed by atoms with E-state index in [0.717, 1.165) is 28.8 Å². The van der Waals surface area contributed by atoms with Gasteiger partial charge in [0.05, 0.1) is 58.3 Å². The Bertz CT molecular complexity index is 1740. The third kappa shape index (κ3) is 4.73. The molecule has 0 saturated carbocycles. The van der Waals surface area contributed by atoms with Crippen LogP contribution in [0.1, 0.15) is 33.2 Å². The van der Waals surface area contributed by atoms with Crippen molar-refractivity contribution in [2.24, 2.45) is 5.41 Å². The molecule has 1 aliphatic heterocycles. The molecule has 0 atom stereocenters. The van der Waals surface area contributed by atoms with Gasteiger partial charge in [-0.25, -0.2) is 18.5 Å². The Labute approximate surface area is 227 Å². The van der Waals surface area contributed by atoms with Gasteiger partial charge in [-0.15, -0.1) is 0 Å². The Morgan fingerprint density at radius 2 is 1.82 bits per heavy atom. The van der Waals surface area contributed by atoms with Gasteiger partial charge in [-0.05, 0) is 42.5 Å². The van der Waals surface area contributed by atoms with Crippen molar-refractivity contribution in [3.63, 3.8) is 0 Å². The second-order valence-electron chi connectivity index (χ2n) is 9.63. The summed E-state index contributed by atoms with van der Waals surface area (Å²) in [4.78, 5) is 38.6. The van der Waals surface area contributed by atoms with Gasteiger partial charge in [-0.2, -0.15) is 13.2 Å². The van der Waals surface area contributed by atoms with E-state index in [1.165, 1.54) is 18.2 Å². The summed E-state index contributed by atoms with van der Waals surface area (Å²) in [6, 6.07) is 9.58. The summed E-state index contributed by atoms with van der Waals surface area (Å²) >= 11 is 6.04. The number of rotatable bonds is 6. The zero-order valence-electron chi connectivity index (χ0n) is 20.6. The van der Waals surface area contributed by atoms with Gasteiger partial charge in [0, 0.05) is 11.5 Å². The summed E-state index contributed by atoms with van der Waals surface area (Å²) in [7, 11) is 0. The van der Waals surface area contributed by atoms with Crippen LogP contribution < -0.4 is 10.4 Å². The maximum absolute atomic E-state index is 15.1. The van der Waals surface area contributed by atoms with Crippen molar-refractivity contribution in [2.75, 3.05) is 19.8 Å². The van der Waals surface area contributed by atoms with Crippen LogP contribution in [0.25, 0.3) is 16.7 Å². The second kappa shape index (κ2) is 9.79. The van der Waals surface area contributed by atoms with E-state index in [4.69, 9.17) is 26.2 Å². The van der Waals surface area contributed by atoms with E-state index in [1.54, 1.807) is 0 Å². The molecule has 13 heteroatoms. The lowest BCUT2D eigenvalue weighted by atomic mass is 9.90. The van der Waals surface area contributed by atoms with Crippen LogP contribution >= 0.6 is 11.6 Å². The first-order valence-electron chi connectivity index (χ1n) is 11.7. The molecule has 3 aromatic carbocycles. The van der Waals surface area contributed by atoms with Gasteiger partial charge < -0.3 is 14.6 Å². The Morgan fingerprint density at radius 1 is 1.10 bits per heavy atom. The van der Waals surface area contributed by atoms with Crippen molar-refractivity contribution in [1.82, 2.24) is 9.13 Å². The number of hydrogen-bond donors (Lipinski definition) is 1. The Kier molecular flexibility index (Phi) is 6.71. The molecule has 2 heterocycles. The third-order valence-corrected chi connectivity index (χ3v) is 6.79. The molecule has 1 fully saturated rings. The average Bonchev–Trinajstić information content (AvgIpc) is 3.16. The third-order valence-electron chi connectivity index (χ3n) is 6.47. The van der Waals surface area contributed by atoms with Crippen molar-refractivity contribution in [2.45, 2.75) is 13.1 Å². The van der Waals surface area contributed by atoms with Crippen LogP contribution in [-0.2, 0) is 10.9 Å². The summed E-state index contributed by atoms with van der Waals surface area (Å²) in [6.07, 6.45) is -4.98. The molecule has 1 aromatic heterocycles. The van der Waals surface area contributed by atoms with E-state index in [0.29, 0.717) is 29.9 Å². The number of benzene rings is 3. The number of carboxylic acids is 1. The molecule has 4 aromatic rings. The molecular weight excluding hydrogens is 560 g/mol. The number of carboxylic acid groups (broad SMARTS) is 1. The smallest absolute Gasteiger partial charge is 0.417 e. The number of carbonyl (C=O) groups is 2. The minimum Gasteiger partial charge on any atom is -0.493 e. The van der Waals surface area contributed by atoms with Crippen LogP contribution in [0.3, 0.4) is 0 Å². The van der Waals surface area contributed by atoms with E-state index >= 15 is 4.39 Å². The molecule has 8 nitrogen and oxygen atoms in total. The highest BCUT2D eigenvalue weighted by Crippen LogP contribution is 2.36. The van der Waals surface area contributed by atoms with Crippen molar-refractivity contribution >= 4 is 34.5 Å². The fourth-order valence-electron chi connectivity index (χ4n) is 4.40.